The summed E-state index contributed by atoms with van der Waals surface area (Å²) in [5.74, 6) is 1.08. The maximum Gasteiger partial charge on any atom is 0.122 e. The number of aromatic nitrogens is 2. The average molecular weight is 243 g/mol. The molecule has 0 fully saturated rings. The Balaban J connectivity index is 1.73. The van der Waals surface area contributed by atoms with Gasteiger partial charge in [-0.15, -0.1) is 0 Å². The molecule has 0 amide bonds. The van der Waals surface area contributed by atoms with Gasteiger partial charge in [0, 0.05) is 25.5 Å². The van der Waals surface area contributed by atoms with Crippen LogP contribution < -0.4 is 5.32 Å². The molecule has 3 nitrogen and oxygen atoms in total. The fourth-order valence-corrected chi connectivity index (χ4v) is 1.96. The van der Waals surface area contributed by atoms with Crippen LogP contribution in [-0.2, 0) is 20.0 Å². The lowest BCUT2D eigenvalue weighted by Crippen LogP contribution is -2.27. The van der Waals surface area contributed by atoms with E-state index in [-0.39, 0.29) is 0 Å². The quantitative estimate of drug-likeness (QED) is 0.845. The van der Waals surface area contributed by atoms with E-state index < -0.39 is 0 Å². The molecule has 1 N–H and O–H groups in total. The fraction of sp³-hybridized carbons (Fsp3) is 0.400. The number of benzene rings is 1. The molecule has 1 aromatic carbocycles. The van der Waals surface area contributed by atoms with E-state index in [1.165, 1.54) is 5.56 Å². The molecule has 0 bridgehead atoms. The highest BCUT2D eigenvalue weighted by Crippen LogP contribution is 2.05. The highest BCUT2D eigenvalue weighted by molar-refractivity contribution is 5.14. The molecule has 0 radical (unpaired) electrons. The molecule has 2 aromatic rings. The van der Waals surface area contributed by atoms with Gasteiger partial charge in [-0.25, -0.2) is 4.98 Å². The first-order chi connectivity index (χ1) is 8.75. The molecule has 18 heavy (non-hydrogen) atoms. The SMILES string of the molecule is CC(CCc1ccccc1)NCc1nccn1C. The van der Waals surface area contributed by atoms with Gasteiger partial charge in [-0.2, -0.15) is 0 Å². The van der Waals surface area contributed by atoms with E-state index in [9.17, 15) is 0 Å². The molecule has 0 spiro atoms. The molecular weight excluding hydrogens is 222 g/mol. The first kappa shape index (κ1) is 12.8. The summed E-state index contributed by atoms with van der Waals surface area (Å²) >= 11 is 0. The van der Waals surface area contributed by atoms with Crippen molar-refractivity contribution < 1.29 is 0 Å². The molecule has 1 aromatic heterocycles. The van der Waals surface area contributed by atoms with Crippen LogP contribution in [0, 0.1) is 0 Å². The van der Waals surface area contributed by atoms with Crippen LogP contribution >= 0.6 is 0 Å². The van der Waals surface area contributed by atoms with Gasteiger partial charge in [0.05, 0.1) is 6.54 Å². The van der Waals surface area contributed by atoms with Gasteiger partial charge < -0.3 is 9.88 Å². The Morgan fingerprint density at radius 1 is 1.28 bits per heavy atom. The van der Waals surface area contributed by atoms with E-state index >= 15 is 0 Å². The van der Waals surface area contributed by atoms with Crippen LogP contribution in [0.25, 0.3) is 0 Å². The van der Waals surface area contributed by atoms with E-state index in [1.807, 2.05) is 19.4 Å². The molecule has 0 aliphatic heterocycles. The van der Waals surface area contributed by atoms with Crippen molar-refractivity contribution in [1.82, 2.24) is 14.9 Å². The normalized spacial score (nSPS) is 12.6. The second-order valence-electron chi connectivity index (χ2n) is 4.76. The lowest BCUT2D eigenvalue weighted by Gasteiger charge is -2.13. The van der Waals surface area contributed by atoms with Crippen molar-refractivity contribution in [2.45, 2.75) is 32.4 Å². The predicted molar refractivity (Wildman–Crippen MR) is 74.3 cm³/mol. The maximum atomic E-state index is 4.31. The summed E-state index contributed by atoms with van der Waals surface area (Å²) < 4.78 is 2.05. The van der Waals surface area contributed by atoms with Crippen LogP contribution in [0.2, 0.25) is 0 Å². The summed E-state index contributed by atoms with van der Waals surface area (Å²) in [6.45, 7) is 3.06. The molecule has 1 heterocycles. The zero-order valence-corrected chi connectivity index (χ0v) is 11.1. The zero-order chi connectivity index (χ0) is 12.8. The smallest absolute Gasteiger partial charge is 0.122 e. The molecule has 3 heteroatoms. The van der Waals surface area contributed by atoms with Gasteiger partial charge >= 0.3 is 0 Å². The molecule has 0 aliphatic rings. The Morgan fingerprint density at radius 2 is 2.06 bits per heavy atom. The topological polar surface area (TPSA) is 29.9 Å². The Hall–Kier alpha value is -1.61. The van der Waals surface area contributed by atoms with Crippen molar-refractivity contribution in [3.8, 4) is 0 Å². The van der Waals surface area contributed by atoms with Crippen molar-refractivity contribution in [2.75, 3.05) is 0 Å². The zero-order valence-electron chi connectivity index (χ0n) is 11.1. The van der Waals surface area contributed by atoms with Crippen LogP contribution in [0.3, 0.4) is 0 Å². The van der Waals surface area contributed by atoms with Crippen molar-refractivity contribution in [2.24, 2.45) is 7.05 Å². The van der Waals surface area contributed by atoms with E-state index in [4.69, 9.17) is 0 Å². The van der Waals surface area contributed by atoms with Gasteiger partial charge in [-0.3, -0.25) is 0 Å². The highest BCUT2D eigenvalue weighted by atomic mass is 15.1. The molecule has 0 saturated heterocycles. The summed E-state index contributed by atoms with van der Waals surface area (Å²) in [5.41, 5.74) is 1.41. The number of rotatable bonds is 6. The molecule has 96 valence electrons. The van der Waals surface area contributed by atoms with Gasteiger partial charge in [0.2, 0.25) is 0 Å². The number of aryl methyl sites for hydroxylation is 2. The summed E-state index contributed by atoms with van der Waals surface area (Å²) in [6.07, 6.45) is 6.08. The summed E-state index contributed by atoms with van der Waals surface area (Å²) in [6, 6.07) is 11.1. The van der Waals surface area contributed by atoms with Gasteiger partial charge in [-0.1, -0.05) is 30.3 Å². The first-order valence-corrected chi connectivity index (χ1v) is 6.49. The highest BCUT2D eigenvalue weighted by Gasteiger charge is 2.04. The van der Waals surface area contributed by atoms with E-state index in [0.717, 1.165) is 25.2 Å². The second kappa shape index (κ2) is 6.36. The minimum Gasteiger partial charge on any atom is -0.337 e. The van der Waals surface area contributed by atoms with Crippen molar-refractivity contribution >= 4 is 0 Å². The fourth-order valence-electron chi connectivity index (χ4n) is 1.96. The third-order valence-electron chi connectivity index (χ3n) is 3.24. The lowest BCUT2D eigenvalue weighted by atomic mass is 10.1. The van der Waals surface area contributed by atoms with E-state index in [0.29, 0.717) is 6.04 Å². The second-order valence-corrected chi connectivity index (χ2v) is 4.76. The number of hydrogen-bond donors (Lipinski definition) is 1. The third kappa shape index (κ3) is 3.70. The molecule has 0 saturated carbocycles. The lowest BCUT2D eigenvalue weighted by molar-refractivity contribution is 0.499. The van der Waals surface area contributed by atoms with E-state index in [2.05, 4.69) is 52.1 Å². The Kier molecular flexibility index (Phi) is 4.53. The van der Waals surface area contributed by atoms with Crippen LogP contribution in [-0.4, -0.2) is 15.6 Å². The number of nitrogens with zero attached hydrogens (tertiary/aromatic N) is 2. The molecule has 2 rings (SSSR count). The number of nitrogens with one attached hydrogen (secondary N) is 1. The monoisotopic (exact) mass is 243 g/mol. The van der Waals surface area contributed by atoms with Crippen molar-refractivity contribution in [3.05, 3.63) is 54.1 Å². The molecule has 1 atom stereocenters. The van der Waals surface area contributed by atoms with Crippen LogP contribution in [0.4, 0.5) is 0 Å². The largest absolute Gasteiger partial charge is 0.337 e. The van der Waals surface area contributed by atoms with Gasteiger partial charge in [0.1, 0.15) is 5.82 Å². The predicted octanol–water partition coefficient (Wildman–Crippen LogP) is 2.53. The maximum absolute atomic E-state index is 4.31. The van der Waals surface area contributed by atoms with Crippen molar-refractivity contribution in [1.29, 1.82) is 0 Å². The van der Waals surface area contributed by atoms with Crippen LogP contribution in [0.15, 0.2) is 42.7 Å². The standard InChI is InChI=1S/C15H21N3/c1-13(8-9-14-6-4-3-5-7-14)17-12-15-16-10-11-18(15)2/h3-7,10-11,13,17H,8-9,12H2,1-2H3. The van der Waals surface area contributed by atoms with Crippen LogP contribution in [0.5, 0.6) is 0 Å². The average Bonchev–Trinajstić information content (AvgIpc) is 2.81. The minimum absolute atomic E-state index is 0.502. The Bertz CT molecular complexity index is 462. The number of hydrogen-bond acceptors (Lipinski definition) is 2. The third-order valence-corrected chi connectivity index (χ3v) is 3.24. The minimum atomic E-state index is 0.502. The Labute approximate surface area is 109 Å². The molecule has 0 aliphatic carbocycles. The van der Waals surface area contributed by atoms with Gasteiger partial charge in [0.25, 0.3) is 0 Å². The van der Waals surface area contributed by atoms with Crippen molar-refractivity contribution in [3.63, 3.8) is 0 Å². The van der Waals surface area contributed by atoms with Gasteiger partial charge in [-0.05, 0) is 25.3 Å². The summed E-state index contributed by atoms with van der Waals surface area (Å²) in [4.78, 5) is 4.31. The summed E-state index contributed by atoms with van der Waals surface area (Å²) in [5, 5.41) is 3.51. The molecule has 1 unspecified atom stereocenters. The van der Waals surface area contributed by atoms with Gasteiger partial charge in [0.15, 0.2) is 0 Å². The Morgan fingerprint density at radius 3 is 2.72 bits per heavy atom. The van der Waals surface area contributed by atoms with Crippen LogP contribution in [0.1, 0.15) is 24.7 Å². The molecular formula is C15H21N3. The summed E-state index contributed by atoms with van der Waals surface area (Å²) in [7, 11) is 2.03. The first-order valence-electron chi connectivity index (χ1n) is 6.49. The van der Waals surface area contributed by atoms with E-state index in [1.54, 1.807) is 0 Å². The number of imidazole rings is 1.